The molecular weight excluding hydrogens is 408 g/mol. The Bertz CT molecular complexity index is 732. The lowest BCUT2D eigenvalue weighted by molar-refractivity contribution is -0.222. The number of hydrogen-bond donors (Lipinski definition) is 1. The zero-order valence-corrected chi connectivity index (χ0v) is 14.9. The van der Waals surface area contributed by atoms with Gasteiger partial charge in [0.05, 0.1) is 4.47 Å². The molecule has 24 heavy (non-hydrogen) atoms. The van der Waals surface area contributed by atoms with Crippen LogP contribution in [0, 0.1) is 0 Å². The second kappa shape index (κ2) is 6.82. The smallest absolute Gasteiger partial charge is 0.348 e. The highest BCUT2D eigenvalue weighted by Gasteiger charge is 2.39. The molecule has 0 unspecified atom stereocenters. The number of benzene rings is 1. The van der Waals surface area contributed by atoms with E-state index in [-0.39, 0.29) is 21.9 Å². The van der Waals surface area contributed by atoms with E-state index in [0.717, 1.165) is 0 Å². The summed E-state index contributed by atoms with van der Waals surface area (Å²) in [6.45, 7) is 2.24. The molecule has 1 aromatic carbocycles. The number of cyclic esters (lactones) is 2. The third-order valence-electron chi connectivity index (χ3n) is 2.79. The van der Waals surface area contributed by atoms with Crippen LogP contribution in [0.4, 0.5) is 0 Å². The van der Waals surface area contributed by atoms with E-state index in [0.29, 0.717) is 4.47 Å². The molecule has 1 aliphatic heterocycles. The topological polar surface area (TPSA) is 99.1 Å². The van der Waals surface area contributed by atoms with Crippen LogP contribution in [0.5, 0.6) is 5.75 Å². The van der Waals surface area contributed by atoms with Crippen LogP contribution < -0.4 is 4.74 Å². The van der Waals surface area contributed by atoms with E-state index < -0.39 is 30.3 Å². The van der Waals surface area contributed by atoms with Crippen molar-refractivity contribution in [2.24, 2.45) is 0 Å². The molecule has 0 saturated carbocycles. The van der Waals surface area contributed by atoms with Crippen LogP contribution in [0.25, 0.3) is 6.08 Å². The maximum absolute atomic E-state index is 12.0. The van der Waals surface area contributed by atoms with Gasteiger partial charge in [-0.25, -0.2) is 14.4 Å². The number of carbonyl (C=O) groups is 3. The first-order chi connectivity index (χ1) is 11.1. The largest absolute Gasteiger partial charge is 0.480 e. The van der Waals surface area contributed by atoms with Crippen molar-refractivity contribution in [2.45, 2.75) is 19.6 Å². The van der Waals surface area contributed by atoms with Crippen molar-refractivity contribution >= 4 is 51.5 Å². The quantitative estimate of drug-likeness (QED) is 0.455. The van der Waals surface area contributed by atoms with Crippen molar-refractivity contribution in [1.29, 1.82) is 0 Å². The summed E-state index contributed by atoms with van der Waals surface area (Å²) in [5, 5.41) is 9.03. The first kappa shape index (κ1) is 18.3. The number of aliphatic carboxylic acids is 1. The Morgan fingerprint density at radius 3 is 2.46 bits per heavy atom. The Morgan fingerprint density at radius 2 is 1.92 bits per heavy atom. The number of carboxylic acids is 1. The lowest BCUT2D eigenvalue weighted by Gasteiger charge is -2.29. The second-order valence-corrected chi connectivity index (χ2v) is 6.52. The molecule has 128 valence electrons. The molecule has 1 saturated heterocycles. The van der Waals surface area contributed by atoms with Crippen molar-refractivity contribution in [3.63, 3.8) is 0 Å². The van der Waals surface area contributed by atoms with Gasteiger partial charge in [0, 0.05) is 24.4 Å². The molecule has 9 heteroatoms. The highest BCUT2D eigenvalue weighted by Crippen LogP contribution is 2.35. The summed E-state index contributed by atoms with van der Waals surface area (Å²) in [6, 6.07) is 2.90. The van der Waals surface area contributed by atoms with Gasteiger partial charge in [0.2, 0.25) is 0 Å². The second-order valence-electron chi connectivity index (χ2n) is 5.23. The van der Waals surface area contributed by atoms with E-state index in [1.165, 1.54) is 32.1 Å². The highest BCUT2D eigenvalue weighted by atomic mass is 79.9. The summed E-state index contributed by atoms with van der Waals surface area (Å²) >= 11 is 9.15. The molecule has 7 nitrogen and oxygen atoms in total. The van der Waals surface area contributed by atoms with Crippen LogP contribution in [-0.4, -0.2) is 35.4 Å². The fourth-order valence-corrected chi connectivity index (χ4v) is 2.86. The van der Waals surface area contributed by atoms with Crippen LogP contribution in [0.2, 0.25) is 5.02 Å². The molecule has 0 bridgehead atoms. The summed E-state index contributed by atoms with van der Waals surface area (Å²) in [7, 11) is 0. The minimum Gasteiger partial charge on any atom is -0.480 e. The van der Waals surface area contributed by atoms with Gasteiger partial charge in [0.25, 0.3) is 5.79 Å². The third kappa shape index (κ3) is 4.27. The van der Waals surface area contributed by atoms with Gasteiger partial charge in [-0.3, -0.25) is 0 Å². The molecule has 1 aliphatic rings. The Hall–Kier alpha value is -2.06. The van der Waals surface area contributed by atoms with E-state index in [1.54, 1.807) is 0 Å². The van der Waals surface area contributed by atoms with Crippen LogP contribution in [0.15, 0.2) is 22.2 Å². The Labute approximate surface area is 150 Å². The molecular formula is C15H12BrClO7. The fraction of sp³-hybridized carbons (Fsp3) is 0.267. The van der Waals surface area contributed by atoms with Crippen molar-refractivity contribution in [1.82, 2.24) is 0 Å². The van der Waals surface area contributed by atoms with Gasteiger partial charge in [-0.1, -0.05) is 11.6 Å². The molecule has 2 rings (SSSR count). The predicted molar refractivity (Wildman–Crippen MR) is 86.5 cm³/mol. The molecule has 0 atom stereocenters. The standard InChI is InChI=1S/C15H12BrClO7/c1-15(2)23-13(20)9(14(21)24-15)4-7-3-8(17)5-10(16)12(7)22-6-11(18)19/h3-5H,6H2,1-2H3,(H,18,19). The minimum absolute atomic E-state index is 0.111. The normalized spacial score (nSPS) is 16.2. The number of rotatable bonds is 4. The zero-order chi connectivity index (χ0) is 18.1. The average molecular weight is 420 g/mol. The Kier molecular flexibility index (Phi) is 5.19. The number of carboxylic acid groups (broad SMARTS) is 1. The van der Waals surface area contributed by atoms with Crippen molar-refractivity contribution in [3.05, 3.63) is 32.8 Å². The van der Waals surface area contributed by atoms with E-state index in [1.807, 2.05) is 0 Å². The Balaban J connectivity index is 2.46. The SMILES string of the molecule is CC1(C)OC(=O)C(=Cc2cc(Cl)cc(Br)c2OCC(=O)O)C(=O)O1. The van der Waals surface area contributed by atoms with Gasteiger partial charge in [-0.2, -0.15) is 0 Å². The number of esters is 2. The monoisotopic (exact) mass is 418 g/mol. The summed E-state index contributed by atoms with van der Waals surface area (Å²) in [4.78, 5) is 34.7. The van der Waals surface area contributed by atoms with E-state index in [2.05, 4.69) is 15.9 Å². The predicted octanol–water partition coefficient (Wildman–Crippen LogP) is 2.79. The van der Waals surface area contributed by atoms with E-state index in [4.69, 9.17) is 30.9 Å². The van der Waals surface area contributed by atoms with Crippen molar-refractivity contribution in [3.8, 4) is 5.75 Å². The molecule has 0 radical (unpaired) electrons. The van der Waals surface area contributed by atoms with E-state index in [9.17, 15) is 14.4 Å². The maximum Gasteiger partial charge on any atom is 0.348 e. The first-order valence-electron chi connectivity index (χ1n) is 6.61. The highest BCUT2D eigenvalue weighted by molar-refractivity contribution is 9.10. The van der Waals surface area contributed by atoms with Gasteiger partial charge in [0.1, 0.15) is 11.3 Å². The third-order valence-corrected chi connectivity index (χ3v) is 3.60. The van der Waals surface area contributed by atoms with Crippen molar-refractivity contribution < 1.29 is 33.7 Å². The molecule has 1 heterocycles. The van der Waals surface area contributed by atoms with Crippen LogP contribution in [-0.2, 0) is 23.9 Å². The fourth-order valence-electron chi connectivity index (χ4n) is 1.91. The first-order valence-corrected chi connectivity index (χ1v) is 7.78. The van der Waals surface area contributed by atoms with E-state index >= 15 is 0 Å². The molecule has 0 amide bonds. The molecule has 1 aromatic rings. The number of hydrogen-bond acceptors (Lipinski definition) is 6. The van der Waals surface area contributed by atoms with Gasteiger partial charge in [-0.05, 0) is 34.1 Å². The van der Waals surface area contributed by atoms with Crippen LogP contribution >= 0.6 is 27.5 Å². The zero-order valence-electron chi connectivity index (χ0n) is 12.6. The van der Waals surface area contributed by atoms with Gasteiger partial charge >= 0.3 is 17.9 Å². The molecule has 1 N–H and O–H groups in total. The summed E-state index contributed by atoms with van der Waals surface area (Å²) in [6.07, 6.45) is 1.17. The molecule has 0 spiro atoms. The lowest BCUT2D eigenvalue weighted by atomic mass is 10.1. The number of ether oxygens (including phenoxy) is 3. The average Bonchev–Trinajstić information content (AvgIpc) is 2.40. The summed E-state index contributed by atoms with van der Waals surface area (Å²) in [5.74, 6) is -4.16. The maximum atomic E-state index is 12.0. The van der Waals surface area contributed by atoms with Crippen molar-refractivity contribution in [2.75, 3.05) is 6.61 Å². The molecule has 0 aromatic heterocycles. The van der Waals surface area contributed by atoms with Gasteiger partial charge in [-0.15, -0.1) is 0 Å². The van der Waals surface area contributed by atoms with Crippen LogP contribution in [0.3, 0.4) is 0 Å². The lowest BCUT2D eigenvalue weighted by Crippen LogP contribution is -2.41. The molecule has 0 aliphatic carbocycles. The summed E-state index contributed by atoms with van der Waals surface area (Å²) in [5.41, 5.74) is -0.136. The number of halogens is 2. The number of carbonyl (C=O) groups excluding carboxylic acids is 2. The van der Waals surface area contributed by atoms with Gasteiger partial charge in [0.15, 0.2) is 6.61 Å². The minimum atomic E-state index is -1.36. The molecule has 1 fully saturated rings. The summed E-state index contributed by atoms with van der Waals surface area (Å²) < 4.78 is 15.5. The van der Waals surface area contributed by atoms with Crippen LogP contribution in [0.1, 0.15) is 19.4 Å². The Morgan fingerprint density at radius 1 is 1.33 bits per heavy atom. The van der Waals surface area contributed by atoms with Gasteiger partial charge < -0.3 is 19.3 Å².